The second-order valence-corrected chi connectivity index (χ2v) is 3.67. The molecule has 1 aliphatic carbocycles. The fourth-order valence-corrected chi connectivity index (χ4v) is 1.79. The van der Waals surface area contributed by atoms with E-state index in [1.807, 2.05) is 6.92 Å². The minimum Gasteiger partial charge on any atom is -0.318 e. The smallest absolute Gasteiger partial charge is 0.318 e. The molecular formula is C8H14F3N. The van der Waals surface area contributed by atoms with Gasteiger partial charge in [0, 0.05) is 0 Å². The lowest BCUT2D eigenvalue weighted by atomic mass is 9.96. The van der Waals surface area contributed by atoms with Crippen molar-refractivity contribution in [2.45, 2.75) is 44.3 Å². The van der Waals surface area contributed by atoms with Gasteiger partial charge in [-0.1, -0.05) is 13.3 Å². The van der Waals surface area contributed by atoms with Crippen molar-refractivity contribution in [3.8, 4) is 0 Å². The Morgan fingerprint density at radius 3 is 2.33 bits per heavy atom. The van der Waals surface area contributed by atoms with Crippen molar-refractivity contribution in [3.63, 3.8) is 0 Å². The van der Waals surface area contributed by atoms with Gasteiger partial charge in [-0.15, -0.1) is 0 Å². The zero-order valence-electron chi connectivity index (χ0n) is 7.12. The summed E-state index contributed by atoms with van der Waals surface area (Å²) in [6.07, 6.45) is -2.61. The molecule has 1 fully saturated rings. The zero-order valence-corrected chi connectivity index (χ0v) is 7.12. The molecule has 1 nitrogen and oxygen atoms in total. The number of nitrogens with two attached hydrogens (primary N) is 1. The Morgan fingerprint density at radius 2 is 2.08 bits per heavy atom. The van der Waals surface area contributed by atoms with Crippen LogP contribution in [0.15, 0.2) is 0 Å². The van der Waals surface area contributed by atoms with Crippen LogP contribution in [0.5, 0.6) is 0 Å². The third-order valence-electron chi connectivity index (χ3n) is 2.79. The highest BCUT2D eigenvalue weighted by Gasteiger charge is 2.54. The van der Waals surface area contributed by atoms with Crippen LogP contribution in [-0.2, 0) is 0 Å². The maximum absolute atomic E-state index is 12.3. The molecule has 0 radical (unpaired) electrons. The van der Waals surface area contributed by atoms with Crippen LogP contribution in [0.2, 0.25) is 0 Å². The Hall–Kier alpha value is -0.250. The van der Waals surface area contributed by atoms with Gasteiger partial charge in [-0.05, 0) is 25.2 Å². The van der Waals surface area contributed by atoms with Gasteiger partial charge in [0.05, 0.1) is 0 Å². The quantitative estimate of drug-likeness (QED) is 0.660. The Kier molecular flexibility index (Phi) is 2.38. The molecule has 2 N–H and O–H groups in total. The number of halogens is 3. The number of hydrogen-bond acceptors (Lipinski definition) is 1. The minimum atomic E-state index is -4.23. The van der Waals surface area contributed by atoms with Crippen LogP contribution in [0.1, 0.15) is 32.6 Å². The molecule has 2 unspecified atom stereocenters. The van der Waals surface area contributed by atoms with Gasteiger partial charge in [-0.3, -0.25) is 0 Å². The predicted molar refractivity (Wildman–Crippen MR) is 40.6 cm³/mol. The van der Waals surface area contributed by atoms with Crippen molar-refractivity contribution in [2.75, 3.05) is 0 Å². The van der Waals surface area contributed by atoms with E-state index in [9.17, 15) is 13.2 Å². The largest absolute Gasteiger partial charge is 0.406 e. The first kappa shape index (κ1) is 9.84. The summed E-state index contributed by atoms with van der Waals surface area (Å²) in [6.45, 7) is 1.91. The molecular weight excluding hydrogens is 167 g/mol. The maximum Gasteiger partial charge on any atom is 0.406 e. The molecule has 0 amide bonds. The minimum absolute atomic E-state index is 0.0923. The molecule has 2 atom stereocenters. The number of alkyl halides is 3. The van der Waals surface area contributed by atoms with Crippen molar-refractivity contribution >= 4 is 0 Å². The van der Waals surface area contributed by atoms with Crippen LogP contribution in [0.4, 0.5) is 13.2 Å². The molecule has 1 rings (SSSR count). The third-order valence-corrected chi connectivity index (χ3v) is 2.79. The van der Waals surface area contributed by atoms with Gasteiger partial charge >= 0.3 is 6.18 Å². The van der Waals surface area contributed by atoms with Crippen molar-refractivity contribution in [1.82, 2.24) is 0 Å². The topological polar surface area (TPSA) is 26.0 Å². The van der Waals surface area contributed by atoms with Gasteiger partial charge in [-0.25, -0.2) is 0 Å². The van der Waals surface area contributed by atoms with Gasteiger partial charge in [0.15, 0.2) is 0 Å². The van der Waals surface area contributed by atoms with E-state index in [2.05, 4.69) is 0 Å². The van der Waals surface area contributed by atoms with Crippen molar-refractivity contribution in [2.24, 2.45) is 11.7 Å². The summed E-state index contributed by atoms with van der Waals surface area (Å²) in [5.41, 5.74) is 3.38. The molecule has 0 aliphatic heterocycles. The van der Waals surface area contributed by atoms with E-state index < -0.39 is 11.7 Å². The molecule has 1 aliphatic rings. The Bertz CT molecular complexity index is 166. The fourth-order valence-electron chi connectivity index (χ4n) is 1.79. The number of hydrogen-bond donors (Lipinski definition) is 1. The van der Waals surface area contributed by atoms with E-state index in [4.69, 9.17) is 5.73 Å². The van der Waals surface area contributed by atoms with Crippen LogP contribution in [-0.4, -0.2) is 11.7 Å². The zero-order chi connectivity index (χ0) is 9.41. The molecule has 0 aromatic carbocycles. The van der Waals surface area contributed by atoms with E-state index in [-0.39, 0.29) is 18.8 Å². The monoisotopic (exact) mass is 181 g/mol. The van der Waals surface area contributed by atoms with Crippen LogP contribution in [0.3, 0.4) is 0 Å². The van der Waals surface area contributed by atoms with Crippen LogP contribution in [0.25, 0.3) is 0 Å². The lowest BCUT2D eigenvalue weighted by Gasteiger charge is -2.27. The van der Waals surface area contributed by atoms with Gasteiger partial charge < -0.3 is 5.73 Å². The second-order valence-electron chi connectivity index (χ2n) is 3.67. The molecule has 0 heterocycles. The van der Waals surface area contributed by atoms with Crippen molar-refractivity contribution in [3.05, 3.63) is 0 Å². The third kappa shape index (κ3) is 1.58. The lowest BCUT2D eigenvalue weighted by Crippen LogP contribution is -2.51. The first-order valence-electron chi connectivity index (χ1n) is 4.24. The summed E-state index contributed by atoms with van der Waals surface area (Å²) in [6, 6.07) is 0. The van der Waals surface area contributed by atoms with E-state index >= 15 is 0 Å². The molecule has 12 heavy (non-hydrogen) atoms. The number of rotatable bonds is 1. The molecule has 4 heteroatoms. The summed E-state index contributed by atoms with van der Waals surface area (Å²) >= 11 is 0. The Morgan fingerprint density at radius 1 is 1.50 bits per heavy atom. The highest BCUT2D eigenvalue weighted by Crippen LogP contribution is 2.44. The Labute approximate surface area is 70.1 Å². The lowest BCUT2D eigenvalue weighted by molar-refractivity contribution is -0.184. The average Bonchev–Trinajstić information content (AvgIpc) is 2.31. The average molecular weight is 181 g/mol. The Balaban J connectivity index is 2.64. The first-order chi connectivity index (χ1) is 5.39. The van der Waals surface area contributed by atoms with Crippen LogP contribution < -0.4 is 5.73 Å². The van der Waals surface area contributed by atoms with Crippen molar-refractivity contribution in [1.29, 1.82) is 0 Å². The first-order valence-corrected chi connectivity index (χ1v) is 4.24. The molecule has 0 aromatic heterocycles. The molecule has 1 saturated carbocycles. The van der Waals surface area contributed by atoms with Crippen LogP contribution >= 0.6 is 0 Å². The summed E-state index contributed by atoms with van der Waals surface area (Å²) in [5, 5.41) is 0. The van der Waals surface area contributed by atoms with Gasteiger partial charge in [0.2, 0.25) is 0 Å². The SMILES string of the molecule is CCC1CCC(N)(C(F)(F)F)C1. The second kappa shape index (κ2) is 2.91. The van der Waals surface area contributed by atoms with E-state index in [0.29, 0.717) is 6.42 Å². The summed E-state index contributed by atoms with van der Waals surface area (Å²) in [4.78, 5) is 0. The van der Waals surface area contributed by atoms with Crippen LogP contribution in [0, 0.1) is 5.92 Å². The van der Waals surface area contributed by atoms with Gasteiger partial charge in [-0.2, -0.15) is 13.2 Å². The van der Waals surface area contributed by atoms with Crippen molar-refractivity contribution < 1.29 is 13.2 Å². The van der Waals surface area contributed by atoms with Gasteiger partial charge in [0.25, 0.3) is 0 Å². The van der Waals surface area contributed by atoms with Gasteiger partial charge in [0.1, 0.15) is 5.54 Å². The highest BCUT2D eigenvalue weighted by atomic mass is 19.4. The molecule has 0 aromatic rings. The standard InChI is InChI=1S/C8H14F3N/c1-2-6-3-4-7(12,5-6)8(9,10)11/h6H,2-5,12H2,1H3. The van der Waals surface area contributed by atoms with E-state index in [0.717, 1.165) is 6.42 Å². The summed E-state index contributed by atoms with van der Waals surface area (Å²) in [5.74, 6) is 0.164. The molecule has 0 saturated heterocycles. The normalized spacial score (nSPS) is 37.2. The molecule has 72 valence electrons. The molecule has 0 spiro atoms. The van der Waals surface area contributed by atoms with E-state index in [1.165, 1.54) is 0 Å². The van der Waals surface area contributed by atoms with E-state index in [1.54, 1.807) is 0 Å². The molecule has 0 bridgehead atoms. The maximum atomic E-state index is 12.3. The fraction of sp³-hybridized carbons (Fsp3) is 1.00. The summed E-state index contributed by atoms with van der Waals surface area (Å²) in [7, 11) is 0. The summed E-state index contributed by atoms with van der Waals surface area (Å²) < 4.78 is 37.0. The predicted octanol–water partition coefficient (Wildman–Crippen LogP) is 2.46. The highest BCUT2D eigenvalue weighted by molar-refractivity contribution is 4.98.